The van der Waals surface area contributed by atoms with E-state index in [4.69, 9.17) is 10.5 Å². The monoisotopic (exact) mass is 271 g/mol. The smallest absolute Gasteiger partial charge is 0.119 e. The molecular formula is C15H26ClNO. The molecule has 1 aromatic carbocycles. The Morgan fingerprint density at radius 2 is 1.72 bits per heavy atom. The second-order valence-electron chi connectivity index (χ2n) is 5.11. The summed E-state index contributed by atoms with van der Waals surface area (Å²) in [6.07, 6.45) is 3.20. The van der Waals surface area contributed by atoms with Gasteiger partial charge >= 0.3 is 0 Å². The van der Waals surface area contributed by atoms with Gasteiger partial charge in [0.15, 0.2) is 0 Å². The minimum Gasteiger partial charge on any atom is -0.494 e. The van der Waals surface area contributed by atoms with Crippen molar-refractivity contribution in [3.8, 4) is 5.75 Å². The summed E-state index contributed by atoms with van der Waals surface area (Å²) in [7, 11) is 0. The Kier molecular flexibility index (Phi) is 8.05. The van der Waals surface area contributed by atoms with Gasteiger partial charge in [-0.1, -0.05) is 32.9 Å². The molecule has 0 spiro atoms. The first-order chi connectivity index (χ1) is 8.10. The standard InChI is InChI=1S/C15H25NO.ClH/c1-4-15(2,3)13-7-9-14(10-8-13)17-12-6-5-11-16;/h7-10H,4-6,11-12,16H2,1-3H3;1H. The van der Waals surface area contributed by atoms with E-state index >= 15 is 0 Å². The van der Waals surface area contributed by atoms with Gasteiger partial charge in [-0.05, 0) is 48.9 Å². The predicted molar refractivity (Wildman–Crippen MR) is 80.8 cm³/mol. The zero-order chi connectivity index (χ0) is 12.7. The Labute approximate surface area is 117 Å². The average molecular weight is 272 g/mol. The topological polar surface area (TPSA) is 35.2 Å². The van der Waals surface area contributed by atoms with Crippen LogP contribution in [-0.4, -0.2) is 13.2 Å². The van der Waals surface area contributed by atoms with Crippen molar-refractivity contribution in [1.29, 1.82) is 0 Å². The molecule has 18 heavy (non-hydrogen) atoms. The molecule has 3 heteroatoms. The molecule has 104 valence electrons. The Morgan fingerprint density at radius 3 is 2.22 bits per heavy atom. The van der Waals surface area contributed by atoms with E-state index in [1.54, 1.807) is 0 Å². The van der Waals surface area contributed by atoms with E-state index in [1.165, 1.54) is 5.56 Å². The van der Waals surface area contributed by atoms with E-state index in [0.29, 0.717) is 0 Å². The van der Waals surface area contributed by atoms with Crippen LogP contribution in [0.2, 0.25) is 0 Å². The van der Waals surface area contributed by atoms with Crippen LogP contribution in [0, 0.1) is 0 Å². The summed E-state index contributed by atoms with van der Waals surface area (Å²) in [4.78, 5) is 0. The fourth-order valence-electron chi connectivity index (χ4n) is 1.64. The van der Waals surface area contributed by atoms with Gasteiger partial charge in [0.25, 0.3) is 0 Å². The van der Waals surface area contributed by atoms with Crippen LogP contribution < -0.4 is 10.5 Å². The van der Waals surface area contributed by atoms with Crippen LogP contribution in [0.3, 0.4) is 0 Å². The van der Waals surface area contributed by atoms with E-state index in [-0.39, 0.29) is 17.8 Å². The molecule has 0 radical (unpaired) electrons. The minimum atomic E-state index is 0. The summed E-state index contributed by atoms with van der Waals surface area (Å²) in [5.74, 6) is 0.956. The van der Waals surface area contributed by atoms with Crippen molar-refractivity contribution in [3.63, 3.8) is 0 Å². The largest absolute Gasteiger partial charge is 0.494 e. The second kappa shape index (κ2) is 8.39. The summed E-state index contributed by atoms with van der Waals surface area (Å²) < 4.78 is 5.65. The highest BCUT2D eigenvalue weighted by Gasteiger charge is 2.17. The lowest BCUT2D eigenvalue weighted by molar-refractivity contribution is 0.307. The van der Waals surface area contributed by atoms with E-state index in [9.17, 15) is 0 Å². The van der Waals surface area contributed by atoms with Gasteiger partial charge < -0.3 is 10.5 Å². The van der Waals surface area contributed by atoms with Crippen molar-refractivity contribution in [3.05, 3.63) is 29.8 Å². The molecule has 0 saturated heterocycles. The molecule has 0 amide bonds. The van der Waals surface area contributed by atoms with Crippen LogP contribution in [0.5, 0.6) is 5.75 Å². The third kappa shape index (κ3) is 5.28. The maximum Gasteiger partial charge on any atom is 0.119 e. The van der Waals surface area contributed by atoms with Gasteiger partial charge in [-0.15, -0.1) is 12.4 Å². The summed E-state index contributed by atoms with van der Waals surface area (Å²) in [5, 5.41) is 0. The lowest BCUT2D eigenvalue weighted by Crippen LogP contribution is -2.15. The number of halogens is 1. The first-order valence-corrected chi connectivity index (χ1v) is 6.53. The van der Waals surface area contributed by atoms with Gasteiger partial charge in [-0.25, -0.2) is 0 Å². The molecule has 2 nitrogen and oxygen atoms in total. The highest BCUT2D eigenvalue weighted by atomic mass is 35.5. The highest BCUT2D eigenvalue weighted by Crippen LogP contribution is 2.27. The number of ether oxygens (including phenoxy) is 1. The molecule has 0 bridgehead atoms. The first-order valence-electron chi connectivity index (χ1n) is 6.53. The van der Waals surface area contributed by atoms with Crippen molar-refractivity contribution in [2.45, 2.75) is 45.4 Å². The summed E-state index contributed by atoms with van der Waals surface area (Å²) in [5.41, 5.74) is 7.05. The van der Waals surface area contributed by atoms with Crippen molar-refractivity contribution in [1.82, 2.24) is 0 Å². The number of hydrogen-bond acceptors (Lipinski definition) is 2. The minimum absolute atomic E-state index is 0. The molecule has 0 aliphatic carbocycles. The molecule has 0 aliphatic rings. The number of nitrogens with two attached hydrogens (primary N) is 1. The molecular weight excluding hydrogens is 246 g/mol. The number of benzene rings is 1. The third-order valence-corrected chi connectivity index (χ3v) is 3.39. The van der Waals surface area contributed by atoms with Crippen LogP contribution in [0.15, 0.2) is 24.3 Å². The SMILES string of the molecule is CCC(C)(C)c1ccc(OCCCCN)cc1.Cl. The number of unbranched alkanes of at least 4 members (excludes halogenated alkanes) is 1. The lowest BCUT2D eigenvalue weighted by Gasteiger charge is -2.23. The molecule has 0 unspecified atom stereocenters. The van der Waals surface area contributed by atoms with Crippen LogP contribution in [0.4, 0.5) is 0 Å². The molecule has 2 N–H and O–H groups in total. The number of rotatable bonds is 7. The van der Waals surface area contributed by atoms with Gasteiger partial charge in [0.1, 0.15) is 5.75 Å². The molecule has 0 heterocycles. The van der Waals surface area contributed by atoms with Crippen molar-refractivity contribution in [2.24, 2.45) is 5.73 Å². The summed E-state index contributed by atoms with van der Waals surface area (Å²) >= 11 is 0. The molecule has 1 aromatic rings. The quantitative estimate of drug-likeness (QED) is 0.763. The molecule has 0 saturated carbocycles. The van der Waals surface area contributed by atoms with Crippen LogP contribution in [0.1, 0.15) is 45.6 Å². The second-order valence-corrected chi connectivity index (χ2v) is 5.11. The lowest BCUT2D eigenvalue weighted by atomic mass is 9.82. The van der Waals surface area contributed by atoms with Gasteiger partial charge in [-0.3, -0.25) is 0 Å². The Hall–Kier alpha value is -0.730. The Balaban J connectivity index is 0.00000289. The zero-order valence-electron chi connectivity index (χ0n) is 11.7. The average Bonchev–Trinajstić information content (AvgIpc) is 2.35. The van der Waals surface area contributed by atoms with Gasteiger partial charge in [0.2, 0.25) is 0 Å². The summed E-state index contributed by atoms with van der Waals surface area (Å²) in [6, 6.07) is 8.47. The first kappa shape index (κ1) is 17.3. The zero-order valence-corrected chi connectivity index (χ0v) is 12.6. The molecule has 0 aromatic heterocycles. The van der Waals surface area contributed by atoms with Gasteiger partial charge in [0, 0.05) is 0 Å². The Morgan fingerprint density at radius 1 is 1.11 bits per heavy atom. The summed E-state index contributed by atoms with van der Waals surface area (Å²) in [6.45, 7) is 8.26. The third-order valence-electron chi connectivity index (χ3n) is 3.39. The number of hydrogen-bond donors (Lipinski definition) is 1. The van der Waals surface area contributed by atoms with Crippen LogP contribution >= 0.6 is 12.4 Å². The fraction of sp³-hybridized carbons (Fsp3) is 0.600. The van der Waals surface area contributed by atoms with Gasteiger partial charge in [0.05, 0.1) is 6.61 Å². The fourth-order valence-corrected chi connectivity index (χ4v) is 1.64. The Bertz CT molecular complexity index is 322. The normalized spacial score (nSPS) is 10.9. The highest BCUT2D eigenvalue weighted by molar-refractivity contribution is 5.85. The predicted octanol–water partition coefficient (Wildman–Crippen LogP) is 3.91. The van der Waals surface area contributed by atoms with E-state index in [1.807, 2.05) is 0 Å². The molecule has 0 fully saturated rings. The van der Waals surface area contributed by atoms with E-state index < -0.39 is 0 Å². The van der Waals surface area contributed by atoms with Gasteiger partial charge in [-0.2, -0.15) is 0 Å². The molecule has 1 rings (SSSR count). The van der Waals surface area contributed by atoms with Crippen LogP contribution in [-0.2, 0) is 5.41 Å². The van der Waals surface area contributed by atoms with E-state index in [0.717, 1.165) is 38.2 Å². The molecule has 0 aliphatic heterocycles. The van der Waals surface area contributed by atoms with Crippen molar-refractivity contribution in [2.75, 3.05) is 13.2 Å². The molecule has 0 atom stereocenters. The van der Waals surface area contributed by atoms with Crippen LogP contribution in [0.25, 0.3) is 0 Å². The maximum absolute atomic E-state index is 5.65. The van der Waals surface area contributed by atoms with Crippen molar-refractivity contribution >= 4 is 12.4 Å². The van der Waals surface area contributed by atoms with E-state index in [2.05, 4.69) is 45.0 Å². The van der Waals surface area contributed by atoms with Crippen molar-refractivity contribution < 1.29 is 4.74 Å². The maximum atomic E-state index is 5.65.